The fourth-order valence-electron chi connectivity index (χ4n) is 1.58. The predicted octanol–water partition coefficient (Wildman–Crippen LogP) is 3.62. The molecule has 0 amide bonds. The molecule has 17 heavy (non-hydrogen) atoms. The minimum atomic E-state index is -0.990. The molecule has 1 rings (SSSR count). The van der Waals surface area contributed by atoms with Crippen LogP contribution in [0, 0.1) is 11.6 Å². The zero-order valence-corrected chi connectivity index (χ0v) is 9.54. The summed E-state index contributed by atoms with van der Waals surface area (Å²) in [6.07, 6.45) is 2.50. The minimum absolute atomic E-state index is 0.146. The van der Waals surface area contributed by atoms with Crippen LogP contribution < -0.4 is 0 Å². The largest absolute Gasteiger partial charge is 0.481 e. The highest BCUT2D eigenvalue weighted by Crippen LogP contribution is 2.24. The molecule has 0 fully saturated rings. The zero-order chi connectivity index (χ0) is 12.8. The van der Waals surface area contributed by atoms with Crippen LogP contribution in [0.25, 0.3) is 5.57 Å². The smallest absolute Gasteiger partial charge is 0.307 e. The Balaban J connectivity index is 3.09. The summed E-state index contributed by atoms with van der Waals surface area (Å²) in [4.78, 5) is 10.5. The van der Waals surface area contributed by atoms with E-state index in [0.717, 1.165) is 12.5 Å². The molecule has 0 heterocycles. The number of halogens is 2. The SMILES string of the molecule is CCC/C(=C\CC(=O)O)c1cccc(F)c1F. The number of carbonyl (C=O) groups is 1. The summed E-state index contributed by atoms with van der Waals surface area (Å²) in [6, 6.07) is 3.92. The van der Waals surface area contributed by atoms with Crippen LogP contribution in [0.3, 0.4) is 0 Å². The third-order valence-electron chi connectivity index (χ3n) is 2.34. The van der Waals surface area contributed by atoms with E-state index in [1.807, 2.05) is 6.92 Å². The van der Waals surface area contributed by atoms with Crippen LogP contribution in [0.4, 0.5) is 8.78 Å². The molecular weight excluding hydrogens is 226 g/mol. The number of rotatable bonds is 5. The third kappa shape index (κ3) is 3.66. The Bertz CT molecular complexity index is 439. The number of aliphatic carboxylic acids is 1. The van der Waals surface area contributed by atoms with E-state index >= 15 is 0 Å². The predicted molar refractivity (Wildman–Crippen MR) is 61.5 cm³/mol. The molecule has 0 aliphatic rings. The van der Waals surface area contributed by atoms with E-state index in [-0.39, 0.29) is 12.0 Å². The molecule has 4 heteroatoms. The Labute approximate surface area is 98.6 Å². The lowest BCUT2D eigenvalue weighted by Gasteiger charge is -2.08. The van der Waals surface area contributed by atoms with Crippen molar-refractivity contribution in [3.05, 3.63) is 41.5 Å². The number of carboxylic acid groups (broad SMARTS) is 1. The molecule has 0 spiro atoms. The molecular formula is C13H14F2O2. The van der Waals surface area contributed by atoms with Gasteiger partial charge in [0.05, 0.1) is 6.42 Å². The van der Waals surface area contributed by atoms with Gasteiger partial charge >= 0.3 is 5.97 Å². The molecule has 0 aliphatic carbocycles. The van der Waals surface area contributed by atoms with E-state index in [2.05, 4.69) is 0 Å². The molecule has 0 atom stereocenters. The highest BCUT2D eigenvalue weighted by Gasteiger charge is 2.11. The molecule has 92 valence electrons. The molecule has 1 aromatic carbocycles. The average molecular weight is 240 g/mol. The average Bonchev–Trinajstić information content (AvgIpc) is 2.28. The van der Waals surface area contributed by atoms with Gasteiger partial charge in [0.25, 0.3) is 0 Å². The van der Waals surface area contributed by atoms with Crippen molar-refractivity contribution in [2.75, 3.05) is 0 Å². The fourth-order valence-corrected chi connectivity index (χ4v) is 1.58. The van der Waals surface area contributed by atoms with E-state index in [4.69, 9.17) is 5.11 Å². The molecule has 1 aromatic rings. The fraction of sp³-hybridized carbons (Fsp3) is 0.308. The van der Waals surface area contributed by atoms with Crippen LogP contribution in [-0.2, 0) is 4.79 Å². The Kier molecular flexibility index (Phi) is 4.82. The van der Waals surface area contributed by atoms with Crippen molar-refractivity contribution in [2.24, 2.45) is 0 Å². The summed E-state index contributed by atoms with van der Waals surface area (Å²) in [7, 11) is 0. The minimum Gasteiger partial charge on any atom is -0.481 e. The van der Waals surface area contributed by atoms with Crippen LogP contribution in [0.1, 0.15) is 31.7 Å². The van der Waals surface area contributed by atoms with Gasteiger partial charge in [0.2, 0.25) is 0 Å². The normalized spacial score (nSPS) is 11.6. The van der Waals surface area contributed by atoms with E-state index in [1.165, 1.54) is 18.2 Å². The van der Waals surface area contributed by atoms with Crippen LogP contribution >= 0.6 is 0 Å². The number of hydrogen-bond acceptors (Lipinski definition) is 1. The standard InChI is InChI=1S/C13H14F2O2/c1-2-4-9(7-8-12(16)17)10-5-3-6-11(14)13(10)15/h3,5-7H,2,4,8H2,1H3,(H,16,17)/b9-7+. The van der Waals surface area contributed by atoms with E-state index in [1.54, 1.807) is 0 Å². The monoisotopic (exact) mass is 240 g/mol. The summed E-state index contributed by atoms with van der Waals surface area (Å²) in [5, 5.41) is 8.59. The van der Waals surface area contributed by atoms with Gasteiger partial charge in [-0.05, 0) is 18.1 Å². The summed E-state index contributed by atoms with van der Waals surface area (Å²) in [5.41, 5.74) is 0.681. The van der Waals surface area contributed by atoms with Crippen LogP contribution in [0.5, 0.6) is 0 Å². The van der Waals surface area contributed by atoms with Gasteiger partial charge in [-0.1, -0.05) is 31.6 Å². The number of hydrogen-bond donors (Lipinski definition) is 1. The van der Waals surface area contributed by atoms with E-state index < -0.39 is 17.6 Å². The topological polar surface area (TPSA) is 37.3 Å². The van der Waals surface area contributed by atoms with Crippen molar-refractivity contribution in [1.29, 1.82) is 0 Å². The van der Waals surface area contributed by atoms with Crippen LogP contribution in [-0.4, -0.2) is 11.1 Å². The van der Waals surface area contributed by atoms with Crippen molar-refractivity contribution in [1.82, 2.24) is 0 Å². The Morgan fingerprint density at radius 3 is 2.71 bits per heavy atom. The molecule has 0 aliphatic heterocycles. The lowest BCUT2D eigenvalue weighted by Crippen LogP contribution is -1.96. The lowest BCUT2D eigenvalue weighted by atomic mass is 9.99. The first kappa shape index (κ1) is 13.4. The lowest BCUT2D eigenvalue weighted by molar-refractivity contribution is -0.135. The second-order valence-corrected chi connectivity index (χ2v) is 3.68. The maximum Gasteiger partial charge on any atom is 0.307 e. The Morgan fingerprint density at radius 2 is 2.12 bits per heavy atom. The maximum atomic E-state index is 13.5. The Morgan fingerprint density at radius 1 is 1.41 bits per heavy atom. The van der Waals surface area contributed by atoms with Crippen molar-refractivity contribution < 1.29 is 18.7 Å². The molecule has 1 N–H and O–H groups in total. The van der Waals surface area contributed by atoms with Gasteiger partial charge in [0, 0.05) is 5.56 Å². The number of benzene rings is 1. The van der Waals surface area contributed by atoms with Crippen molar-refractivity contribution in [3.8, 4) is 0 Å². The van der Waals surface area contributed by atoms with Gasteiger partial charge in [-0.15, -0.1) is 0 Å². The van der Waals surface area contributed by atoms with E-state index in [9.17, 15) is 13.6 Å². The highest BCUT2D eigenvalue weighted by atomic mass is 19.2. The van der Waals surface area contributed by atoms with Crippen molar-refractivity contribution in [2.45, 2.75) is 26.2 Å². The van der Waals surface area contributed by atoms with Gasteiger partial charge in [-0.25, -0.2) is 8.78 Å². The first-order chi connectivity index (χ1) is 8.06. The highest BCUT2D eigenvalue weighted by molar-refractivity contribution is 5.74. The molecule has 2 nitrogen and oxygen atoms in total. The van der Waals surface area contributed by atoms with E-state index in [0.29, 0.717) is 12.0 Å². The van der Waals surface area contributed by atoms with Crippen molar-refractivity contribution in [3.63, 3.8) is 0 Å². The first-order valence-corrected chi connectivity index (χ1v) is 5.41. The molecule has 0 saturated heterocycles. The van der Waals surface area contributed by atoms with Gasteiger partial charge in [-0.2, -0.15) is 0 Å². The first-order valence-electron chi connectivity index (χ1n) is 5.41. The van der Waals surface area contributed by atoms with Crippen molar-refractivity contribution >= 4 is 11.5 Å². The van der Waals surface area contributed by atoms with Gasteiger partial charge in [0.1, 0.15) is 0 Å². The third-order valence-corrected chi connectivity index (χ3v) is 2.34. The quantitative estimate of drug-likeness (QED) is 0.853. The molecule has 0 radical (unpaired) electrons. The van der Waals surface area contributed by atoms with Gasteiger partial charge in [0.15, 0.2) is 11.6 Å². The second kappa shape index (κ2) is 6.13. The number of carboxylic acids is 1. The van der Waals surface area contributed by atoms with Crippen LogP contribution in [0.2, 0.25) is 0 Å². The molecule has 0 unspecified atom stereocenters. The Hall–Kier alpha value is -1.71. The summed E-state index contributed by atoms with van der Waals surface area (Å²) in [5.74, 6) is -2.83. The van der Waals surface area contributed by atoms with Gasteiger partial charge in [-0.3, -0.25) is 4.79 Å². The maximum absolute atomic E-state index is 13.5. The second-order valence-electron chi connectivity index (χ2n) is 3.68. The zero-order valence-electron chi connectivity index (χ0n) is 9.54. The summed E-state index contributed by atoms with van der Waals surface area (Å²) in [6.45, 7) is 1.89. The molecule has 0 aromatic heterocycles. The molecule has 0 bridgehead atoms. The van der Waals surface area contributed by atoms with Crippen LogP contribution in [0.15, 0.2) is 24.3 Å². The van der Waals surface area contributed by atoms with Gasteiger partial charge < -0.3 is 5.11 Å². The number of allylic oxidation sites excluding steroid dienone is 1. The summed E-state index contributed by atoms with van der Waals surface area (Å²) >= 11 is 0. The molecule has 0 saturated carbocycles. The summed E-state index contributed by atoms with van der Waals surface area (Å²) < 4.78 is 26.6.